The van der Waals surface area contributed by atoms with Crippen LogP contribution in [0.25, 0.3) is 5.76 Å². The molecule has 3 aromatic carbocycles. The number of amides is 1. The highest BCUT2D eigenvalue weighted by Gasteiger charge is 2.47. The molecule has 1 amide bonds. The maximum absolute atomic E-state index is 13.6. The monoisotopic (exact) mass is 512 g/mol. The van der Waals surface area contributed by atoms with Crippen molar-refractivity contribution < 1.29 is 19.4 Å². The number of anilines is 2. The highest BCUT2D eigenvalue weighted by molar-refractivity contribution is 6.51. The van der Waals surface area contributed by atoms with Crippen LogP contribution in [0.2, 0.25) is 0 Å². The van der Waals surface area contributed by atoms with Crippen molar-refractivity contribution in [1.29, 1.82) is 0 Å². The molecule has 1 unspecified atom stereocenters. The molecular weight excluding hydrogens is 476 g/mol. The molecule has 1 heterocycles. The molecule has 1 atom stereocenters. The minimum Gasteiger partial charge on any atom is -0.507 e. The summed E-state index contributed by atoms with van der Waals surface area (Å²) in [5.74, 6) is -0.851. The van der Waals surface area contributed by atoms with E-state index in [0.717, 1.165) is 46.6 Å². The number of rotatable bonds is 7. The van der Waals surface area contributed by atoms with Crippen molar-refractivity contribution >= 4 is 28.8 Å². The summed E-state index contributed by atoms with van der Waals surface area (Å²) in [4.78, 5) is 30.9. The molecule has 1 saturated heterocycles. The van der Waals surface area contributed by atoms with Crippen LogP contribution in [0.15, 0.2) is 60.2 Å². The van der Waals surface area contributed by atoms with E-state index < -0.39 is 17.7 Å². The quantitative estimate of drug-likeness (QED) is 0.225. The van der Waals surface area contributed by atoms with Crippen molar-refractivity contribution in [2.45, 2.75) is 47.6 Å². The zero-order valence-corrected chi connectivity index (χ0v) is 23.3. The first kappa shape index (κ1) is 27.0. The van der Waals surface area contributed by atoms with Gasteiger partial charge in [0.25, 0.3) is 11.7 Å². The Balaban J connectivity index is 1.95. The maximum atomic E-state index is 13.6. The van der Waals surface area contributed by atoms with Gasteiger partial charge in [0.2, 0.25) is 0 Å². The van der Waals surface area contributed by atoms with Gasteiger partial charge in [-0.2, -0.15) is 0 Å². The van der Waals surface area contributed by atoms with Gasteiger partial charge in [-0.3, -0.25) is 14.5 Å². The van der Waals surface area contributed by atoms with Crippen molar-refractivity contribution in [2.75, 3.05) is 30.0 Å². The Kier molecular flexibility index (Phi) is 7.63. The van der Waals surface area contributed by atoms with E-state index in [1.54, 1.807) is 13.2 Å². The van der Waals surface area contributed by atoms with E-state index in [2.05, 4.69) is 18.7 Å². The highest BCUT2D eigenvalue weighted by Crippen LogP contribution is 2.43. The number of hydrogen-bond donors (Lipinski definition) is 1. The number of Topliss-reactive ketones (excluding diaryl/α,β-unsaturated/α-hetero) is 1. The van der Waals surface area contributed by atoms with Gasteiger partial charge in [0.1, 0.15) is 11.5 Å². The van der Waals surface area contributed by atoms with Crippen molar-refractivity contribution in [1.82, 2.24) is 0 Å². The Morgan fingerprint density at radius 1 is 0.868 bits per heavy atom. The second kappa shape index (κ2) is 10.7. The maximum Gasteiger partial charge on any atom is 0.300 e. The minimum atomic E-state index is -0.773. The Morgan fingerprint density at radius 2 is 1.53 bits per heavy atom. The molecule has 1 fully saturated rings. The fraction of sp³-hybridized carbons (Fsp3) is 0.312. The first-order valence-electron chi connectivity index (χ1n) is 13.0. The number of nitrogens with zero attached hydrogens (tertiary/aromatic N) is 2. The SMILES string of the molecule is CCN(CC)c1ccc(C2/C(=C(\O)c3cc(C)c(OC)cc3C)C(=O)C(=O)N2c2ccc(C)c(C)c2)cc1. The van der Waals surface area contributed by atoms with Crippen LogP contribution in [0.5, 0.6) is 5.75 Å². The smallest absolute Gasteiger partial charge is 0.300 e. The number of methoxy groups -OCH3 is 1. The Bertz CT molecular complexity index is 1420. The summed E-state index contributed by atoms with van der Waals surface area (Å²) in [6, 6.07) is 16.5. The van der Waals surface area contributed by atoms with Crippen molar-refractivity contribution in [2.24, 2.45) is 0 Å². The lowest BCUT2D eigenvalue weighted by Gasteiger charge is -2.27. The summed E-state index contributed by atoms with van der Waals surface area (Å²) < 4.78 is 5.43. The second-order valence-electron chi connectivity index (χ2n) is 9.84. The van der Waals surface area contributed by atoms with Crippen LogP contribution in [0.3, 0.4) is 0 Å². The summed E-state index contributed by atoms with van der Waals surface area (Å²) in [6.07, 6.45) is 0. The molecule has 6 heteroatoms. The summed E-state index contributed by atoms with van der Waals surface area (Å²) >= 11 is 0. The molecule has 0 spiro atoms. The molecule has 6 nitrogen and oxygen atoms in total. The lowest BCUT2D eigenvalue weighted by Crippen LogP contribution is -2.29. The molecule has 0 bridgehead atoms. The normalized spacial score (nSPS) is 16.7. The number of carbonyl (C=O) groups excluding carboxylic acids is 2. The van der Waals surface area contributed by atoms with E-state index >= 15 is 0 Å². The fourth-order valence-corrected chi connectivity index (χ4v) is 5.16. The number of aliphatic hydroxyl groups excluding tert-OH is 1. The van der Waals surface area contributed by atoms with E-state index in [9.17, 15) is 14.7 Å². The van der Waals surface area contributed by atoms with Crippen molar-refractivity contribution in [3.63, 3.8) is 0 Å². The summed E-state index contributed by atoms with van der Waals surface area (Å²) in [5, 5.41) is 11.6. The van der Waals surface area contributed by atoms with Crippen molar-refractivity contribution in [3.05, 3.63) is 93.6 Å². The van der Waals surface area contributed by atoms with Crippen LogP contribution in [0.1, 0.15) is 53.3 Å². The molecule has 1 aliphatic heterocycles. The van der Waals surface area contributed by atoms with Crippen LogP contribution in [0, 0.1) is 27.7 Å². The van der Waals surface area contributed by atoms with Gasteiger partial charge in [0.05, 0.1) is 18.7 Å². The van der Waals surface area contributed by atoms with Crippen LogP contribution in [0.4, 0.5) is 11.4 Å². The predicted octanol–water partition coefficient (Wildman–Crippen LogP) is 6.40. The Morgan fingerprint density at radius 3 is 2.11 bits per heavy atom. The number of ketones is 1. The van der Waals surface area contributed by atoms with Gasteiger partial charge in [-0.25, -0.2) is 0 Å². The van der Waals surface area contributed by atoms with Gasteiger partial charge < -0.3 is 14.7 Å². The third-order valence-electron chi connectivity index (χ3n) is 7.55. The van der Waals surface area contributed by atoms with Gasteiger partial charge >= 0.3 is 0 Å². The van der Waals surface area contributed by atoms with E-state index in [1.807, 2.05) is 76.2 Å². The molecule has 0 aliphatic carbocycles. The zero-order valence-electron chi connectivity index (χ0n) is 23.3. The molecule has 0 saturated carbocycles. The number of hydrogen-bond acceptors (Lipinski definition) is 5. The summed E-state index contributed by atoms with van der Waals surface area (Å²) in [7, 11) is 1.60. The van der Waals surface area contributed by atoms with Gasteiger partial charge in [-0.15, -0.1) is 0 Å². The molecule has 198 valence electrons. The van der Waals surface area contributed by atoms with Crippen molar-refractivity contribution in [3.8, 4) is 5.75 Å². The zero-order chi connectivity index (χ0) is 27.7. The Hall–Kier alpha value is -4.06. The number of benzene rings is 3. The van der Waals surface area contributed by atoms with E-state index in [4.69, 9.17) is 4.74 Å². The average molecular weight is 513 g/mol. The topological polar surface area (TPSA) is 70.1 Å². The molecule has 38 heavy (non-hydrogen) atoms. The van der Waals surface area contributed by atoms with Gasteiger partial charge in [0, 0.05) is 30.0 Å². The predicted molar refractivity (Wildman–Crippen MR) is 153 cm³/mol. The van der Waals surface area contributed by atoms with Crippen LogP contribution in [-0.4, -0.2) is 37.0 Å². The molecule has 3 aromatic rings. The van der Waals surface area contributed by atoms with Gasteiger partial charge in [0.15, 0.2) is 0 Å². The minimum absolute atomic E-state index is 0.0801. The van der Waals surface area contributed by atoms with Gasteiger partial charge in [-0.05, 0) is 106 Å². The third kappa shape index (κ3) is 4.67. The van der Waals surface area contributed by atoms with Crippen LogP contribution in [-0.2, 0) is 9.59 Å². The van der Waals surface area contributed by atoms with Gasteiger partial charge in [-0.1, -0.05) is 18.2 Å². The lowest BCUT2D eigenvalue weighted by molar-refractivity contribution is -0.132. The number of ether oxygens (including phenoxy) is 1. The Labute approximate surface area is 225 Å². The molecule has 1 N–H and O–H groups in total. The summed E-state index contributed by atoms with van der Waals surface area (Å²) in [6.45, 7) is 13.7. The average Bonchev–Trinajstić information content (AvgIpc) is 3.17. The van der Waals surface area contributed by atoms with E-state index in [0.29, 0.717) is 17.0 Å². The van der Waals surface area contributed by atoms with E-state index in [1.165, 1.54) is 4.90 Å². The molecule has 1 aliphatic rings. The summed E-state index contributed by atoms with van der Waals surface area (Å²) in [5.41, 5.74) is 6.70. The van der Waals surface area contributed by atoms with Crippen LogP contribution >= 0.6 is 0 Å². The third-order valence-corrected chi connectivity index (χ3v) is 7.55. The van der Waals surface area contributed by atoms with Crippen LogP contribution < -0.4 is 14.5 Å². The van der Waals surface area contributed by atoms with E-state index in [-0.39, 0.29) is 11.3 Å². The molecule has 4 rings (SSSR count). The first-order valence-corrected chi connectivity index (χ1v) is 13.0. The first-order chi connectivity index (χ1) is 18.1. The standard InChI is InChI=1S/C32H36N2O4/c1-8-33(9-2)24-14-11-23(12-15-24)29-28(30(35)26-17-22(6)27(38-7)18-21(26)5)31(36)32(37)34(29)25-13-10-19(3)20(4)16-25/h10-18,29,35H,8-9H2,1-7H3/b30-28+. The molecule has 0 aromatic heterocycles. The number of aliphatic hydroxyl groups is 1. The molecular formula is C32H36N2O4. The number of aryl methyl sites for hydroxylation is 4. The largest absolute Gasteiger partial charge is 0.507 e. The second-order valence-corrected chi connectivity index (χ2v) is 9.84. The highest BCUT2D eigenvalue weighted by atomic mass is 16.5. The number of carbonyl (C=O) groups is 2. The lowest BCUT2D eigenvalue weighted by atomic mass is 9.92. The fourth-order valence-electron chi connectivity index (χ4n) is 5.16. The molecule has 0 radical (unpaired) electrons.